The van der Waals surface area contributed by atoms with E-state index in [4.69, 9.17) is 4.52 Å². The van der Waals surface area contributed by atoms with Crippen LogP contribution in [0.1, 0.15) is 43.9 Å². The van der Waals surface area contributed by atoms with Crippen molar-refractivity contribution in [2.75, 3.05) is 0 Å². The normalized spacial score (nSPS) is 24.3. The van der Waals surface area contributed by atoms with Crippen molar-refractivity contribution in [2.24, 2.45) is 0 Å². The molecule has 102 valence electrons. The minimum absolute atomic E-state index is 0.00727. The molecule has 2 heterocycles. The van der Waals surface area contributed by atoms with Crippen molar-refractivity contribution < 1.29 is 9.63 Å². The second kappa shape index (κ2) is 5.73. The van der Waals surface area contributed by atoms with Crippen molar-refractivity contribution in [3.05, 3.63) is 21.8 Å². The number of aliphatic hydroxyl groups is 1. The van der Waals surface area contributed by atoms with Gasteiger partial charge in [0.1, 0.15) is 0 Å². The number of rotatable bonds is 2. The molecule has 0 saturated heterocycles. The summed E-state index contributed by atoms with van der Waals surface area (Å²) in [6.45, 7) is 0. The van der Waals surface area contributed by atoms with Crippen LogP contribution in [0.15, 0.2) is 20.4 Å². The van der Waals surface area contributed by atoms with E-state index in [2.05, 4.69) is 26.1 Å². The van der Waals surface area contributed by atoms with E-state index in [1.807, 2.05) is 11.4 Å². The van der Waals surface area contributed by atoms with Crippen molar-refractivity contribution in [1.82, 2.24) is 10.1 Å². The fraction of sp³-hybridized carbons (Fsp3) is 0.538. The first kappa shape index (κ1) is 13.3. The number of thiophene rings is 1. The Morgan fingerprint density at radius 2 is 2.16 bits per heavy atom. The molecule has 2 aromatic rings. The monoisotopic (exact) mass is 342 g/mol. The number of halogens is 1. The molecule has 2 atom stereocenters. The van der Waals surface area contributed by atoms with E-state index < -0.39 is 0 Å². The summed E-state index contributed by atoms with van der Waals surface area (Å²) >= 11 is 4.99. The molecule has 3 rings (SSSR count). The maximum Gasteiger partial charge on any atom is 0.232 e. The van der Waals surface area contributed by atoms with Crippen molar-refractivity contribution >= 4 is 27.3 Å². The summed E-state index contributed by atoms with van der Waals surface area (Å²) in [7, 11) is 0. The Hall–Kier alpha value is -0.720. The molecule has 4 nitrogen and oxygen atoms in total. The number of aliphatic hydroxyl groups excluding tert-OH is 1. The molecule has 1 saturated carbocycles. The lowest BCUT2D eigenvalue weighted by molar-refractivity contribution is 0.119. The molecule has 1 aliphatic rings. The highest BCUT2D eigenvalue weighted by Gasteiger charge is 2.28. The average molecular weight is 343 g/mol. The maximum atomic E-state index is 10.2. The van der Waals surface area contributed by atoms with Gasteiger partial charge in [-0.15, -0.1) is 11.3 Å². The van der Waals surface area contributed by atoms with Gasteiger partial charge < -0.3 is 9.63 Å². The van der Waals surface area contributed by atoms with E-state index >= 15 is 0 Å². The molecule has 6 heteroatoms. The van der Waals surface area contributed by atoms with Gasteiger partial charge in [-0.3, -0.25) is 0 Å². The van der Waals surface area contributed by atoms with Gasteiger partial charge >= 0.3 is 0 Å². The highest BCUT2D eigenvalue weighted by molar-refractivity contribution is 9.10. The Kier molecular flexibility index (Phi) is 4.00. The number of nitrogens with zero attached hydrogens (tertiary/aromatic N) is 2. The van der Waals surface area contributed by atoms with Crippen LogP contribution >= 0.6 is 27.3 Å². The Morgan fingerprint density at radius 3 is 2.95 bits per heavy atom. The van der Waals surface area contributed by atoms with Crippen molar-refractivity contribution in [1.29, 1.82) is 0 Å². The zero-order valence-corrected chi connectivity index (χ0v) is 12.8. The minimum Gasteiger partial charge on any atom is -0.392 e. The molecule has 0 amide bonds. The molecular formula is C13H15BrN2O2S. The molecule has 0 bridgehead atoms. The molecule has 1 fully saturated rings. The third-order valence-corrected chi connectivity index (χ3v) is 5.21. The first-order valence-electron chi connectivity index (χ1n) is 6.50. The first-order chi connectivity index (χ1) is 9.24. The molecule has 0 radical (unpaired) electrons. The number of hydrogen-bond donors (Lipinski definition) is 1. The largest absolute Gasteiger partial charge is 0.392 e. The summed E-state index contributed by atoms with van der Waals surface area (Å²) in [5, 5.41) is 16.2. The van der Waals surface area contributed by atoms with Gasteiger partial charge in [0.25, 0.3) is 0 Å². The van der Waals surface area contributed by atoms with E-state index in [9.17, 15) is 5.11 Å². The molecule has 1 aliphatic carbocycles. The fourth-order valence-corrected chi connectivity index (χ4v) is 3.84. The van der Waals surface area contributed by atoms with E-state index in [0.29, 0.717) is 11.7 Å². The topological polar surface area (TPSA) is 59.2 Å². The summed E-state index contributed by atoms with van der Waals surface area (Å²) in [6.07, 6.45) is 4.77. The highest BCUT2D eigenvalue weighted by atomic mass is 79.9. The van der Waals surface area contributed by atoms with E-state index in [0.717, 1.165) is 35.0 Å². The number of aromatic nitrogens is 2. The predicted octanol–water partition coefficient (Wildman–Crippen LogP) is 3.97. The third kappa shape index (κ3) is 2.90. The van der Waals surface area contributed by atoms with E-state index in [1.54, 1.807) is 11.3 Å². The van der Waals surface area contributed by atoms with Crippen LogP contribution in [0.5, 0.6) is 0 Å². The van der Waals surface area contributed by atoms with Gasteiger partial charge in [-0.1, -0.05) is 24.4 Å². The van der Waals surface area contributed by atoms with Crippen LogP contribution in [0.2, 0.25) is 0 Å². The van der Waals surface area contributed by atoms with E-state index in [1.165, 1.54) is 6.42 Å². The molecular weight excluding hydrogens is 328 g/mol. The molecule has 0 spiro atoms. The summed E-state index contributed by atoms with van der Waals surface area (Å²) in [5.41, 5.74) is 0. The van der Waals surface area contributed by atoms with Crippen LogP contribution < -0.4 is 0 Å². The van der Waals surface area contributed by atoms with Gasteiger partial charge in [0.05, 0.1) is 16.9 Å². The van der Waals surface area contributed by atoms with Crippen LogP contribution in [-0.2, 0) is 0 Å². The molecule has 2 aromatic heterocycles. The quantitative estimate of drug-likeness (QED) is 0.839. The predicted molar refractivity (Wildman–Crippen MR) is 77.1 cm³/mol. The molecule has 1 N–H and O–H groups in total. The highest BCUT2D eigenvalue weighted by Crippen LogP contribution is 2.33. The van der Waals surface area contributed by atoms with Crippen LogP contribution in [0.25, 0.3) is 10.7 Å². The smallest absolute Gasteiger partial charge is 0.232 e. The standard InChI is InChI=1S/C13H15BrN2O2S/c14-8-6-11(19-7-8)12-15-13(18-16-12)9-4-2-1-3-5-10(9)17/h6-7,9-10,17H,1-5H2. The second-order valence-corrected chi connectivity index (χ2v) is 6.72. The lowest BCUT2D eigenvalue weighted by Gasteiger charge is -2.15. The number of hydrogen-bond acceptors (Lipinski definition) is 5. The van der Waals surface area contributed by atoms with Gasteiger partial charge in [-0.25, -0.2) is 0 Å². The molecule has 0 aromatic carbocycles. The van der Waals surface area contributed by atoms with Crippen molar-refractivity contribution in [3.63, 3.8) is 0 Å². The van der Waals surface area contributed by atoms with Crippen molar-refractivity contribution in [2.45, 2.75) is 44.1 Å². The SMILES string of the molecule is OC1CCCCCC1c1nc(-c2cc(Br)cs2)no1. The second-order valence-electron chi connectivity index (χ2n) is 4.90. The summed E-state index contributed by atoms with van der Waals surface area (Å²) in [4.78, 5) is 5.44. The maximum absolute atomic E-state index is 10.2. The Labute approximate surface area is 124 Å². The Morgan fingerprint density at radius 1 is 1.32 bits per heavy atom. The fourth-order valence-electron chi connectivity index (χ4n) is 2.49. The van der Waals surface area contributed by atoms with Crippen LogP contribution in [-0.4, -0.2) is 21.4 Å². The lowest BCUT2D eigenvalue weighted by atomic mass is 9.97. The Balaban J connectivity index is 1.84. The average Bonchev–Trinajstić information content (AvgIpc) is 2.97. The van der Waals surface area contributed by atoms with Crippen molar-refractivity contribution in [3.8, 4) is 10.7 Å². The van der Waals surface area contributed by atoms with Crippen LogP contribution in [0.4, 0.5) is 0 Å². The van der Waals surface area contributed by atoms with Gasteiger partial charge in [0, 0.05) is 9.85 Å². The third-order valence-electron chi connectivity index (χ3n) is 3.53. The van der Waals surface area contributed by atoms with Crippen LogP contribution in [0, 0.1) is 0 Å². The van der Waals surface area contributed by atoms with Gasteiger partial charge in [-0.05, 0) is 34.8 Å². The summed E-state index contributed by atoms with van der Waals surface area (Å²) in [5.74, 6) is 1.18. The first-order valence-corrected chi connectivity index (χ1v) is 8.17. The van der Waals surface area contributed by atoms with Gasteiger partial charge in [-0.2, -0.15) is 4.98 Å². The zero-order chi connectivity index (χ0) is 13.2. The molecule has 19 heavy (non-hydrogen) atoms. The molecule has 2 unspecified atom stereocenters. The summed E-state index contributed by atoms with van der Waals surface area (Å²) < 4.78 is 6.39. The van der Waals surface area contributed by atoms with Gasteiger partial charge in [0.2, 0.25) is 11.7 Å². The minimum atomic E-state index is -0.356. The van der Waals surface area contributed by atoms with Crippen LogP contribution in [0.3, 0.4) is 0 Å². The Bertz CT molecular complexity index is 554. The van der Waals surface area contributed by atoms with Gasteiger partial charge in [0.15, 0.2) is 0 Å². The summed E-state index contributed by atoms with van der Waals surface area (Å²) in [6, 6.07) is 1.98. The zero-order valence-electron chi connectivity index (χ0n) is 10.4. The molecule has 0 aliphatic heterocycles. The van der Waals surface area contributed by atoms with E-state index in [-0.39, 0.29) is 12.0 Å². The lowest BCUT2D eigenvalue weighted by Crippen LogP contribution is -2.17.